The van der Waals surface area contributed by atoms with Crippen molar-refractivity contribution in [3.63, 3.8) is 0 Å². The van der Waals surface area contributed by atoms with E-state index in [-0.39, 0.29) is 11.6 Å². The van der Waals surface area contributed by atoms with E-state index in [1.54, 1.807) is 30.5 Å². The highest BCUT2D eigenvalue weighted by molar-refractivity contribution is 6.04. The summed E-state index contributed by atoms with van der Waals surface area (Å²) in [6.45, 7) is 0.554. The van der Waals surface area contributed by atoms with E-state index in [2.05, 4.69) is 5.32 Å². The number of halogens is 1. The first kappa shape index (κ1) is 13.0. The molecule has 0 atom stereocenters. The molecule has 2 aromatic rings. The summed E-state index contributed by atoms with van der Waals surface area (Å²) in [4.78, 5) is 11.7. The fourth-order valence-electron chi connectivity index (χ4n) is 1.61. The Balaban J connectivity index is 1.84. The average molecular weight is 255 g/mol. The number of nitrogens with one attached hydrogen (secondary N) is 1. The predicted octanol–water partition coefficient (Wildman–Crippen LogP) is 3.31. The summed E-state index contributed by atoms with van der Waals surface area (Å²) in [6, 6.07) is 15.3. The minimum atomic E-state index is -0.251. The summed E-state index contributed by atoms with van der Waals surface area (Å²) in [6.07, 6.45) is 3.09. The fraction of sp³-hybridized carbons (Fsp3) is 0.0625. The molecule has 0 aliphatic heterocycles. The molecule has 1 N–H and O–H groups in total. The van der Waals surface area contributed by atoms with Crippen LogP contribution in [0.2, 0.25) is 0 Å². The van der Waals surface area contributed by atoms with E-state index in [4.69, 9.17) is 0 Å². The molecule has 2 aromatic carbocycles. The van der Waals surface area contributed by atoms with Crippen LogP contribution in [0.3, 0.4) is 0 Å². The van der Waals surface area contributed by atoms with Crippen molar-refractivity contribution < 1.29 is 9.18 Å². The Hall–Kier alpha value is -2.42. The van der Waals surface area contributed by atoms with E-state index < -0.39 is 0 Å². The molecule has 0 heterocycles. The lowest BCUT2D eigenvalue weighted by atomic mass is 10.1. The minimum Gasteiger partial charge on any atom is -0.387 e. The molecule has 0 aliphatic carbocycles. The molecular weight excluding hydrogens is 241 g/mol. The minimum absolute atomic E-state index is 0.0489. The number of ketones is 1. The van der Waals surface area contributed by atoms with E-state index in [0.717, 1.165) is 5.56 Å². The number of hydrogen-bond acceptors (Lipinski definition) is 2. The fourth-order valence-corrected chi connectivity index (χ4v) is 1.61. The molecule has 3 heteroatoms. The van der Waals surface area contributed by atoms with Crippen molar-refractivity contribution in [3.8, 4) is 0 Å². The van der Waals surface area contributed by atoms with Crippen molar-refractivity contribution in [1.29, 1.82) is 0 Å². The summed E-state index contributed by atoms with van der Waals surface area (Å²) >= 11 is 0. The zero-order chi connectivity index (χ0) is 13.5. The predicted molar refractivity (Wildman–Crippen MR) is 73.2 cm³/mol. The number of carbonyl (C=O) groups is 1. The molecule has 0 aliphatic rings. The SMILES string of the molecule is O=C(/C=C\NCc1ccc(F)cc1)c1ccccc1. The lowest BCUT2D eigenvalue weighted by Crippen LogP contribution is -2.05. The van der Waals surface area contributed by atoms with E-state index in [1.807, 2.05) is 18.2 Å². The van der Waals surface area contributed by atoms with Crippen LogP contribution in [0.15, 0.2) is 66.9 Å². The van der Waals surface area contributed by atoms with Gasteiger partial charge in [0.25, 0.3) is 0 Å². The molecule has 0 unspecified atom stereocenters. The van der Waals surface area contributed by atoms with Crippen molar-refractivity contribution in [2.75, 3.05) is 0 Å². The summed E-state index contributed by atoms with van der Waals surface area (Å²) in [7, 11) is 0. The van der Waals surface area contributed by atoms with E-state index in [1.165, 1.54) is 18.2 Å². The molecule has 2 nitrogen and oxygen atoms in total. The first-order valence-electron chi connectivity index (χ1n) is 5.99. The Morgan fingerprint density at radius 3 is 2.42 bits per heavy atom. The second-order valence-electron chi connectivity index (χ2n) is 4.07. The van der Waals surface area contributed by atoms with Gasteiger partial charge in [-0.15, -0.1) is 0 Å². The number of carbonyl (C=O) groups excluding carboxylic acids is 1. The molecule has 2 rings (SSSR count). The summed E-state index contributed by atoms with van der Waals surface area (Å²) in [5.74, 6) is -0.300. The summed E-state index contributed by atoms with van der Waals surface area (Å²) in [5, 5.41) is 3.00. The smallest absolute Gasteiger partial charge is 0.187 e. The lowest BCUT2D eigenvalue weighted by Gasteiger charge is -2.01. The van der Waals surface area contributed by atoms with Gasteiger partial charge in [0, 0.05) is 24.4 Å². The van der Waals surface area contributed by atoms with Gasteiger partial charge in [0.05, 0.1) is 0 Å². The maximum atomic E-state index is 12.7. The van der Waals surface area contributed by atoms with Crippen LogP contribution in [0.25, 0.3) is 0 Å². The molecular formula is C16H14FNO. The van der Waals surface area contributed by atoms with Crippen LogP contribution in [-0.2, 0) is 6.54 Å². The van der Waals surface area contributed by atoms with Gasteiger partial charge in [0.15, 0.2) is 5.78 Å². The van der Waals surface area contributed by atoms with E-state index >= 15 is 0 Å². The Morgan fingerprint density at radius 2 is 1.74 bits per heavy atom. The largest absolute Gasteiger partial charge is 0.387 e. The van der Waals surface area contributed by atoms with Gasteiger partial charge >= 0.3 is 0 Å². The summed E-state index contributed by atoms with van der Waals surface area (Å²) in [5.41, 5.74) is 1.61. The first-order chi connectivity index (χ1) is 9.25. The maximum Gasteiger partial charge on any atom is 0.187 e. The van der Waals surface area contributed by atoms with Gasteiger partial charge in [0.1, 0.15) is 5.82 Å². The second kappa shape index (κ2) is 6.50. The zero-order valence-corrected chi connectivity index (χ0v) is 10.3. The van der Waals surface area contributed by atoms with Crippen LogP contribution in [0.1, 0.15) is 15.9 Å². The molecule has 0 fully saturated rings. The Labute approximate surface area is 111 Å². The van der Waals surface area contributed by atoms with Gasteiger partial charge in [-0.1, -0.05) is 42.5 Å². The summed E-state index contributed by atoms with van der Waals surface area (Å²) < 4.78 is 12.7. The van der Waals surface area contributed by atoms with Crippen molar-refractivity contribution in [2.45, 2.75) is 6.54 Å². The number of hydrogen-bond donors (Lipinski definition) is 1. The van der Waals surface area contributed by atoms with Gasteiger partial charge in [-0.3, -0.25) is 4.79 Å². The highest BCUT2D eigenvalue weighted by atomic mass is 19.1. The third kappa shape index (κ3) is 4.07. The maximum absolute atomic E-state index is 12.7. The van der Waals surface area contributed by atoms with Gasteiger partial charge in [-0.2, -0.15) is 0 Å². The lowest BCUT2D eigenvalue weighted by molar-refractivity contribution is 0.104. The normalized spacial score (nSPS) is 10.6. The first-order valence-corrected chi connectivity index (χ1v) is 5.99. The van der Waals surface area contributed by atoms with Crippen LogP contribution in [0.5, 0.6) is 0 Å². The Morgan fingerprint density at radius 1 is 1.05 bits per heavy atom. The molecule has 0 saturated heterocycles. The second-order valence-corrected chi connectivity index (χ2v) is 4.07. The van der Waals surface area contributed by atoms with Crippen LogP contribution in [0.4, 0.5) is 4.39 Å². The van der Waals surface area contributed by atoms with Crippen LogP contribution in [-0.4, -0.2) is 5.78 Å². The van der Waals surface area contributed by atoms with Gasteiger partial charge in [-0.25, -0.2) is 4.39 Å². The van der Waals surface area contributed by atoms with E-state index in [0.29, 0.717) is 12.1 Å². The molecule has 0 bridgehead atoms. The monoisotopic (exact) mass is 255 g/mol. The highest BCUT2D eigenvalue weighted by Crippen LogP contribution is 2.02. The molecule has 0 saturated carbocycles. The quantitative estimate of drug-likeness (QED) is 0.656. The van der Waals surface area contributed by atoms with Crippen LogP contribution < -0.4 is 5.32 Å². The molecule has 0 amide bonds. The van der Waals surface area contributed by atoms with Crippen molar-refractivity contribution in [1.82, 2.24) is 5.32 Å². The van der Waals surface area contributed by atoms with Crippen molar-refractivity contribution in [2.24, 2.45) is 0 Å². The standard InChI is InChI=1S/C16H14FNO/c17-15-8-6-13(7-9-15)12-18-11-10-16(19)14-4-2-1-3-5-14/h1-11,18H,12H2/b11-10-. The molecule has 0 aromatic heterocycles. The number of benzene rings is 2. The molecule has 96 valence electrons. The molecule has 19 heavy (non-hydrogen) atoms. The average Bonchev–Trinajstić information content (AvgIpc) is 2.46. The zero-order valence-electron chi connectivity index (χ0n) is 10.3. The topological polar surface area (TPSA) is 29.1 Å². The molecule has 0 radical (unpaired) electrons. The number of allylic oxidation sites excluding steroid dienone is 1. The van der Waals surface area contributed by atoms with Gasteiger partial charge in [-0.05, 0) is 17.7 Å². The Kier molecular flexibility index (Phi) is 4.45. The van der Waals surface area contributed by atoms with Crippen LogP contribution in [0, 0.1) is 5.82 Å². The van der Waals surface area contributed by atoms with Crippen molar-refractivity contribution >= 4 is 5.78 Å². The third-order valence-electron chi connectivity index (χ3n) is 2.63. The third-order valence-corrected chi connectivity index (χ3v) is 2.63. The highest BCUT2D eigenvalue weighted by Gasteiger charge is 1.98. The van der Waals surface area contributed by atoms with E-state index in [9.17, 15) is 9.18 Å². The number of rotatable bonds is 5. The van der Waals surface area contributed by atoms with Gasteiger partial charge in [0.2, 0.25) is 0 Å². The Bertz CT molecular complexity index is 561. The molecule has 0 spiro atoms. The van der Waals surface area contributed by atoms with Crippen LogP contribution >= 0.6 is 0 Å². The van der Waals surface area contributed by atoms with Gasteiger partial charge < -0.3 is 5.32 Å². The van der Waals surface area contributed by atoms with Crippen molar-refractivity contribution in [3.05, 3.63) is 83.8 Å².